The highest BCUT2D eigenvalue weighted by molar-refractivity contribution is 7.13. The molecule has 1 aromatic carbocycles. The van der Waals surface area contributed by atoms with E-state index in [1.807, 2.05) is 24.3 Å². The van der Waals surface area contributed by atoms with Crippen LogP contribution in [0.25, 0.3) is 0 Å². The van der Waals surface area contributed by atoms with Crippen molar-refractivity contribution in [3.63, 3.8) is 0 Å². The number of aromatic carboxylic acids is 1. The number of carbonyl (C=O) groups is 2. The molecule has 1 amide bonds. The fourth-order valence-electron chi connectivity index (χ4n) is 4.05. The van der Waals surface area contributed by atoms with Gasteiger partial charge in [-0.15, -0.1) is 11.3 Å². The third kappa shape index (κ3) is 5.95. The van der Waals surface area contributed by atoms with Gasteiger partial charge in [-0.2, -0.15) is 0 Å². The predicted octanol–water partition coefficient (Wildman–Crippen LogP) is 3.79. The van der Waals surface area contributed by atoms with Gasteiger partial charge in [0, 0.05) is 23.1 Å². The van der Waals surface area contributed by atoms with Crippen molar-refractivity contribution in [2.24, 2.45) is 0 Å². The minimum atomic E-state index is -0.971. The second-order valence-electron chi connectivity index (χ2n) is 8.16. The molecule has 3 N–H and O–H groups in total. The van der Waals surface area contributed by atoms with Gasteiger partial charge in [0.2, 0.25) is 5.91 Å². The van der Waals surface area contributed by atoms with Crippen molar-refractivity contribution in [1.29, 1.82) is 0 Å². The zero-order valence-corrected chi connectivity index (χ0v) is 19.1. The Bertz CT molecular complexity index is 896. The summed E-state index contributed by atoms with van der Waals surface area (Å²) in [7, 11) is 0. The number of ether oxygens (including phenoxy) is 1. The number of unbranched alkanes of at least 4 members (excludes halogenated alkanes) is 2. The summed E-state index contributed by atoms with van der Waals surface area (Å²) < 4.78 is 5.73. The van der Waals surface area contributed by atoms with E-state index in [1.54, 1.807) is 11.0 Å². The second kappa shape index (κ2) is 11.6. The minimum Gasteiger partial charge on any atom is -0.477 e. The van der Waals surface area contributed by atoms with Crippen LogP contribution < -0.4 is 4.90 Å². The molecule has 1 aliphatic heterocycles. The number of hydrogen-bond acceptors (Lipinski definition) is 6. The molecule has 32 heavy (non-hydrogen) atoms. The molecular weight excluding hydrogens is 430 g/mol. The summed E-state index contributed by atoms with van der Waals surface area (Å²) in [5.74, 6) is -1.05. The molecule has 7 nitrogen and oxygen atoms in total. The number of amides is 1. The summed E-state index contributed by atoms with van der Waals surface area (Å²) in [4.78, 5) is 26.2. The summed E-state index contributed by atoms with van der Waals surface area (Å²) in [5.41, 5.74) is 1.73. The standard InChI is InChI=1S/C24H31NO6S/c1-2-3-4-5-17(13-26)16-6-8-18(9-7-16)25-20(21(27)12-23(25)28)15-31-14-19-10-11-22(32-19)24(29)30/h6-11,17,20-21,26-27H,2-5,12-15H2,1H3,(H,29,30)/t17?,20-,21?/m0/s1. The molecule has 1 aromatic heterocycles. The number of thiophene rings is 1. The van der Waals surface area contributed by atoms with Crippen molar-refractivity contribution < 1.29 is 29.6 Å². The van der Waals surface area contributed by atoms with E-state index in [9.17, 15) is 19.8 Å². The van der Waals surface area contributed by atoms with E-state index in [-0.39, 0.29) is 42.9 Å². The summed E-state index contributed by atoms with van der Waals surface area (Å²) in [5, 5.41) is 29.2. The molecule has 0 radical (unpaired) electrons. The number of aliphatic hydroxyl groups is 2. The van der Waals surface area contributed by atoms with Crippen LogP contribution in [0.2, 0.25) is 0 Å². The van der Waals surface area contributed by atoms with E-state index in [0.29, 0.717) is 5.69 Å². The fourth-order valence-corrected chi connectivity index (χ4v) is 4.84. The monoisotopic (exact) mass is 461 g/mol. The number of nitrogens with zero attached hydrogens (tertiary/aromatic N) is 1. The van der Waals surface area contributed by atoms with Crippen molar-refractivity contribution in [2.75, 3.05) is 18.1 Å². The molecule has 0 saturated carbocycles. The summed E-state index contributed by atoms with van der Waals surface area (Å²) >= 11 is 1.15. The molecule has 1 fully saturated rings. The maximum absolute atomic E-state index is 12.6. The van der Waals surface area contributed by atoms with E-state index in [0.717, 1.165) is 47.5 Å². The third-order valence-electron chi connectivity index (χ3n) is 5.85. The molecule has 3 rings (SSSR count). The number of rotatable bonds is 12. The Balaban J connectivity index is 1.63. The van der Waals surface area contributed by atoms with E-state index in [4.69, 9.17) is 9.84 Å². The number of carboxylic acid groups (broad SMARTS) is 1. The zero-order valence-electron chi connectivity index (χ0n) is 18.3. The number of benzene rings is 1. The first-order valence-corrected chi connectivity index (χ1v) is 11.9. The van der Waals surface area contributed by atoms with Gasteiger partial charge < -0.3 is 25.0 Å². The van der Waals surface area contributed by atoms with Crippen molar-refractivity contribution in [1.82, 2.24) is 0 Å². The smallest absolute Gasteiger partial charge is 0.345 e. The Morgan fingerprint density at radius 2 is 1.97 bits per heavy atom. The maximum atomic E-state index is 12.6. The first-order chi connectivity index (χ1) is 15.4. The highest BCUT2D eigenvalue weighted by Crippen LogP contribution is 2.30. The predicted molar refractivity (Wildman–Crippen MR) is 123 cm³/mol. The van der Waals surface area contributed by atoms with Crippen LogP contribution >= 0.6 is 11.3 Å². The number of carboxylic acids is 1. The highest BCUT2D eigenvalue weighted by Gasteiger charge is 2.39. The fraction of sp³-hybridized carbons (Fsp3) is 0.500. The topological polar surface area (TPSA) is 107 Å². The van der Waals surface area contributed by atoms with E-state index in [2.05, 4.69) is 6.92 Å². The number of aliphatic hydroxyl groups excluding tert-OH is 2. The number of anilines is 1. The Morgan fingerprint density at radius 1 is 1.22 bits per heavy atom. The molecule has 0 bridgehead atoms. The third-order valence-corrected chi connectivity index (χ3v) is 6.90. The van der Waals surface area contributed by atoms with Crippen molar-refractivity contribution >= 4 is 28.9 Å². The molecule has 0 spiro atoms. The van der Waals surface area contributed by atoms with Crippen LogP contribution in [0, 0.1) is 0 Å². The van der Waals surface area contributed by atoms with Gasteiger partial charge in [-0.05, 0) is 36.2 Å². The van der Waals surface area contributed by atoms with Gasteiger partial charge in [-0.1, -0.05) is 38.3 Å². The van der Waals surface area contributed by atoms with Gasteiger partial charge in [-0.3, -0.25) is 4.79 Å². The molecule has 174 valence electrons. The molecule has 2 unspecified atom stereocenters. The van der Waals surface area contributed by atoms with Gasteiger partial charge in [0.15, 0.2) is 0 Å². The average molecular weight is 462 g/mol. The van der Waals surface area contributed by atoms with Crippen molar-refractivity contribution in [2.45, 2.75) is 63.7 Å². The minimum absolute atomic E-state index is 0.0359. The summed E-state index contributed by atoms with van der Waals surface area (Å²) in [6.45, 7) is 2.61. The highest BCUT2D eigenvalue weighted by atomic mass is 32.1. The van der Waals surface area contributed by atoms with Crippen molar-refractivity contribution in [3.05, 3.63) is 51.7 Å². The van der Waals surface area contributed by atoms with Gasteiger partial charge in [-0.25, -0.2) is 4.79 Å². The van der Waals surface area contributed by atoms with E-state index in [1.165, 1.54) is 6.07 Å². The molecule has 1 saturated heterocycles. The Hall–Kier alpha value is -2.26. The molecule has 8 heteroatoms. The van der Waals surface area contributed by atoms with Crippen LogP contribution in [-0.4, -0.2) is 52.6 Å². The van der Waals surface area contributed by atoms with Crippen LogP contribution in [0.5, 0.6) is 0 Å². The molecular formula is C24H31NO6S. The summed E-state index contributed by atoms with van der Waals surface area (Å²) in [6.07, 6.45) is 3.46. The molecule has 1 aliphatic rings. The lowest BCUT2D eigenvalue weighted by molar-refractivity contribution is -0.117. The van der Waals surface area contributed by atoms with Gasteiger partial charge in [0.25, 0.3) is 0 Å². The van der Waals surface area contributed by atoms with Crippen LogP contribution in [0.15, 0.2) is 36.4 Å². The molecule has 2 aromatic rings. The lowest BCUT2D eigenvalue weighted by atomic mass is 9.93. The Morgan fingerprint density at radius 3 is 2.59 bits per heavy atom. The molecule has 0 aliphatic carbocycles. The van der Waals surface area contributed by atoms with E-state index >= 15 is 0 Å². The average Bonchev–Trinajstić information content (AvgIpc) is 3.36. The van der Waals surface area contributed by atoms with Gasteiger partial charge >= 0.3 is 5.97 Å². The normalized spacial score (nSPS) is 19.5. The lowest BCUT2D eigenvalue weighted by Crippen LogP contribution is -2.40. The number of carbonyl (C=O) groups excluding carboxylic acids is 1. The molecule has 3 atom stereocenters. The zero-order chi connectivity index (χ0) is 23.1. The van der Waals surface area contributed by atoms with Crippen molar-refractivity contribution in [3.8, 4) is 0 Å². The van der Waals surface area contributed by atoms with Crippen LogP contribution in [0.1, 0.15) is 65.1 Å². The van der Waals surface area contributed by atoms with E-state index < -0.39 is 18.1 Å². The first-order valence-electron chi connectivity index (χ1n) is 11.0. The maximum Gasteiger partial charge on any atom is 0.345 e. The Kier molecular flexibility index (Phi) is 8.81. The molecule has 2 heterocycles. The quantitative estimate of drug-likeness (QED) is 0.415. The lowest BCUT2D eigenvalue weighted by Gasteiger charge is -2.27. The van der Waals surface area contributed by atoms with Gasteiger partial charge in [0.05, 0.1) is 31.8 Å². The summed E-state index contributed by atoms with van der Waals surface area (Å²) in [6, 6.07) is 10.3. The number of hydrogen-bond donors (Lipinski definition) is 3. The van der Waals surface area contributed by atoms with Crippen LogP contribution in [0.3, 0.4) is 0 Å². The van der Waals surface area contributed by atoms with Crippen LogP contribution in [-0.2, 0) is 16.1 Å². The first kappa shape index (κ1) is 24.4. The van der Waals surface area contributed by atoms with Crippen LogP contribution in [0.4, 0.5) is 5.69 Å². The SMILES string of the molecule is CCCCCC(CO)c1ccc(N2C(=O)CC(O)[C@@H]2COCc2ccc(C(=O)O)s2)cc1. The largest absolute Gasteiger partial charge is 0.477 e. The van der Waals surface area contributed by atoms with Gasteiger partial charge in [0.1, 0.15) is 4.88 Å². The Labute approximate surface area is 192 Å². The second-order valence-corrected chi connectivity index (χ2v) is 9.32.